The molecule has 11 rings (SSSR count). The summed E-state index contributed by atoms with van der Waals surface area (Å²) in [6.07, 6.45) is 0. The summed E-state index contributed by atoms with van der Waals surface area (Å²) in [5.41, 5.74) is 15.7. The van der Waals surface area contributed by atoms with Crippen LogP contribution in [-0.4, -0.2) is 9.97 Å². The van der Waals surface area contributed by atoms with Crippen molar-refractivity contribution in [3.8, 4) is 56.2 Å². The quantitative estimate of drug-likeness (QED) is 0.172. The summed E-state index contributed by atoms with van der Waals surface area (Å²) in [5, 5.41) is 2.24. The molecule has 0 saturated heterocycles. The predicted molar refractivity (Wildman–Crippen MR) is 228 cm³/mol. The number of furan rings is 1. The molecule has 0 spiro atoms. The summed E-state index contributed by atoms with van der Waals surface area (Å²) in [6.45, 7) is 0. The Balaban J connectivity index is 1.10. The van der Waals surface area contributed by atoms with Crippen LogP contribution in [0.5, 0.6) is 0 Å². The first-order chi connectivity index (χ1) is 27.8. The number of hydrogen-bond donors (Lipinski definition) is 0. The molecule has 3 nitrogen and oxygen atoms in total. The van der Waals surface area contributed by atoms with Crippen molar-refractivity contribution in [2.45, 2.75) is 5.41 Å². The molecule has 56 heavy (non-hydrogen) atoms. The van der Waals surface area contributed by atoms with Crippen molar-refractivity contribution >= 4 is 21.9 Å². The average molecular weight is 715 g/mol. The Bertz CT molecular complexity index is 3020. The third kappa shape index (κ3) is 4.91. The summed E-state index contributed by atoms with van der Waals surface area (Å²) in [6, 6.07) is 73.2. The zero-order chi connectivity index (χ0) is 37.1. The van der Waals surface area contributed by atoms with E-state index in [2.05, 4.69) is 188 Å². The van der Waals surface area contributed by atoms with Gasteiger partial charge in [-0.25, -0.2) is 9.97 Å². The normalized spacial score (nSPS) is 12.8. The molecule has 0 atom stereocenters. The van der Waals surface area contributed by atoms with Gasteiger partial charge in [0.25, 0.3) is 0 Å². The molecule has 0 saturated carbocycles. The predicted octanol–water partition coefficient (Wildman–Crippen LogP) is 13.4. The Kier molecular flexibility index (Phi) is 7.39. The number of para-hydroxylation sites is 2. The van der Waals surface area contributed by atoms with Crippen molar-refractivity contribution in [3.05, 3.63) is 229 Å². The second kappa shape index (κ2) is 12.9. The smallest absolute Gasteiger partial charge is 0.160 e. The molecule has 0 N–H and O–H groups in total. The molecule has 2 heterocycles. The van der Waals surface area contributed by atoms with E-state index in [1.165, 1.54) is 33.4 Å². The van der Waals surface area contributed by atoms with E-state index in [-0.39, 0.29) is 0 Å². The van der Waals surface area contributed by atoms with E-state index < -0.39 is 5.41 Å². The lowest BCUT2D eigenvalue weighted by molar-refractivity contribution is 0.670. The zero-order valence-corrected chi connectivity index (χ0v) is 30.4. The van der Waals surface area contributed by atoms with Crippen LogP contribution in [0.2, 0.25) is 0 Å². The summed E-state index contributed by atoms with van der Waals surface area (Å²) in [4.78, 5) is 10.6. The van der Waals surface area contributed by atoms with Gasteiger partial charge in [-0.1, -0.05) is 194 Å². The summed E-state index contributed by atoms with van der Waals surface area (Å²) in [7, 11) is 0. The number of rotatable bonds is 6. The molecule has 1 aliphatic rings. The fraction of sp³-hybridized carbons (Fsp3) is 0.0189. The van der Waals surface area contributed by atoms with Gasteiger partial charge < -0.3 is 4.42 Å². The van der Waals surface area contributed by atoms with Crippen LogP contribution in [0.1, 0.15) is 22.3 Å². The molecule has 0 aliphatic heterocycles. The molecular formula is C53H34N2O. The molecule has 2 aromatic heterocycles. The number of fused-ring (bicyclic) bond motifs is 6. The van der Waals surface area contributed by atoms with Crippen LogP contribution < -0.4 is 0 Å². The lowest BCUT2D eigenvalue weighted by Crippen LogP contribution is -2.28. The van der Waals surface area contributed by atoms with Crippen molar-refractivity contribution in [1.29, 1.82) is 0 Å². The van der Waals surface area contributed by atoms with Crippen LogP contribution in [0.3, 0.4) is 0 Å². The van der Waals surface area contributed by atoms with Crippen LogP contribution in [0, 0.1) is 0 Å². The second-order valence-electron chi connectivity index (χ2n) is 14.4. The van der Waals surface area contributed by atoms with E-state index in [1.807, 2.05) is 18.2 Å². The van der Waals surface area contributed by atoms with Crippen molar-refractivity contribution in [2.24, 2.45) is 0 Å². The number of hydrogen-bond acceptors (Lipinski definition) is 3. The number of benzene rings is 8. The van der Waals surface area contributed by atoms with E-state index in [4.69, 9.17) is 14.4 Å². The highest BCUT2D eigenvalue weighted by Crippen LogP contribution is 2.58. The number of nitrogens with zero attached hydrogens (tertiary/aromatic N) is 2. The summed E-state index contributed by atoms with van der Waals surface area (Å²) < 4.78 is 6.39. The van der Waals surface area contributed by atoms with Gasteiger partial charge in [-0.05, 0) is 51.1 Å². The van der Waals surface area contributed by atoms with Crippen LogP contribution in [0.4, 0.5) is 0 Å². The van der Waals surface area contributed by atoms with Gasteiger partial charge in [0.1, 0.15) is 11.2 Å². The molecular weight excluding hydrogens is 681 g/mol. The molecule has 0 fully saturated rings. The molecule has 0 bridgehead atoms. The minimum atomic E-state index is -0.499. The first-order valence-electron chi connectivity index (χ1n) is 19.1. The van der Waals surface area contributed by atoms with Gasteiger partial charge in [0.05, 0.1) is 16.8 Å². The molecule has 3 heteroatoms. The molecule has 8 aromatic carbocycles. The van der Waals surface area contributed by atoms with E-state index in [0.717, 1.165) is 61.1 Å². The van der Waals surface area contributed by atoms with Gasteiger partial charge in [-0.2, -0.15) is 0 Å². The first kappa shape index (κ1) is 32.1. The second-order valence-corrected chi connectivity index (χ2v) is 14.4. The Morgan fingerprint density at radius 1 is 0.375 bits per heavy atom. The number of aromatic nitrogens is 2. The third-order valence-electron chi connectivity index (χ3n) is 11.4. The minimum Gasteiger partial charge on any atom is -0.455 e. The summed E-state index contributed by atoms with van der Waals surface area (Å²) >= 11 is 0. The molecule has 0 amide bonds. The Hall–Kier alpha value is -7.36. The molecule has 0 radical (unpaired) electrons. The van der Waals surface area contributed by atoms with Gasteiger partial charge in [0.15, 0.2) is 5.82 Å². The summed E-state index contributed by atoms with van der Waals surface area (Å²) in [5.74, 6) is 0.677. The van der Waals surface area contributed by atoms with E-state index in [9.17, 15) is 0 Å². The van der Waals surface area contributed by atoms with Crippen LogP contribution >= 0.6 is 0 Å². The fourth-order valence-corrected chi connectivity index (χ4v) is 8.95. The maximum absolute atomic E-state index is 6.39. The lowest BCUT2D eigenvalue weighted by Gasteiger charge is -2.33. The van der Waals surface area contributed by atoms with Crippen molar-refractivity contribution in [1.82, 2.24) is 9.97 Å². The Morgan fingerprint density at radius 2 is 0.929 bits per heavy atom. The molecule has 0 unspecified atom stereocenters. The molecule has 1 aliphatic carbocycles. The molecule has 262 valence electrons. The van der Waals surface area contributed by atoms with Gasteiger partial charge in [0, 0.05) is 33.0 Å². The largest absolute Gasteiger partial charge is 0.455 e. The SMILES string of the molecule is c1ccc(-c2cc(-c3cccc4c3-c3ccccc3C4(c3ccccc3)c3ccccc3)nc(-c3ccc(-c4cccc5c4oc4ccccc45)cc3)n2)cc1. The maximum Gasteiger partial charge on any atom is 0.160 e. The van der Waals surface area contributed by atoms with Gasteiger partial charge >= 0.3 is 0 Å². The molecule has 10 aromatic rings. The maximum atomic E-state index is 6.39. The third-order valence-corrected chi connectivity index (χ3v) is 11.4. The topological polar surface area (TPSA) is 38.9 Å². The minimum absolute atomic E-state index is 0.499. The van der Waals surface area contributed by atoms with Gasteiger partial charge in [0.2, 0.25) is 0 Å². The highest BCUT2D eigenvalue weighted by atomic mass is 16.3. The van der Waals surface area contributed by atoms with E-state index in [1.54, 1.807) is 0 Å². The van der Waals surface area contributed by atoms with Crippen molar-refractivity contribution < 1.29 is 4.42 Å². The zero-order valence-electron chi connectivity index (χ0n) is 30.4. The van der Waals surface area contributed by atoms with Crippen LogP contribution in [-0.2, 0) is 5.41 Å². The van der Waals surface area contributed by atoms with Gasteiger partial charge in [-0.3, -0.25) is 0 Å². The standard InChI is InChI=1S/C53H34N2O/c1-4-16-36(17-5-1)47-34-48(55-52(54-47)37-32-30-35(31-33-37)40-24-14-25-42-41-22-11-13-29-49(41)56-51(40)42)44-26-15-28-46-50(44)43-23-10-12-27-45(43)53(46,38-18-6-2-7-19-38)39-20-8-3-9-21-39/h1-34H. The lowest BCUT2D eigenvalue weighted by atomic mass is 9.67. The highest BCUT2D eigenvalue weighted by molar-refractivity contribution is 6.09. The Labute approximate surface area is 325 Å². The van der Waals surface area contributed by atoms with Crippen LogP contribution in [0.15, 0.2) is 211 Å². The highest BCUT2D eigenvalue weighted by Gasteiger charge is 2.46. The van der Waals surface area contributed by atoms with Crippen molar-refractivity contribution in [2.75, 3.05) is 0 Å². The Morgan fingerprint density at radius 3 is 1.70 bits per heavy atom. The van der Waals surface area contributed by atoms with Crippen LogP contribution in [0.25, 0.3) is 78.1 Å². The van der Waals surface area contributed by atoms with E-state index in [0.29, 0.717) is 5.82 Å². The fourth-order valence-electron chi connectivity index (χ4n) is 8.95. The van der Waals surface area contributed by atoms with E-state index >= 15 is 0 Å². The van der Waals surface area contributed by atoms with Crippen molar-refractivity contribution in [3.63, 3.8) is 0 Å². The average Bonchev–Trinajstić information content (AvgIpc) is 3.82. The monoisotopic (exact) mass is 714 g/mol. The van der Waals surface area contributed by atoms with Gasteiger partial charge in [-0.15, -0.1) is 0 Å². The first-order valence-corrected chi connectivity index (χ1v) is 19.1.